The number of anilines is 1. The van der Waals surface area contributed by atoms with E-state index in [0.29, 0.717) is 6.17 Å². The Morgan fingerprint density at radius 2 is 1.65 bits per heavy atom. The predicted octanol–water partition coefficient (Wildman–Crippen LogP) is 4.23. The average molecular weight is 264 g/mol. The first kappa shape index (κ1) is 12.8. The van der Waals surface area contributed by atoms with Gasteiger partial charge in [0.15, 0.2) is 0 Å². The molecular formula is C18H20N2. The second-order valence-corrected chi connectivity index (χ2v) is 5.37. The van der Waals surface area contributed by atoms with Crippen LogP contribution in [0.4, 0.5) is 5.69 Å². The Bertz CT molecular complexity index is 631. The normalized spacial score (nSPS) is 17.9. The first-order valence-electron chi connectivity index (χ1n) is 7.01. The van der Waals surface area contributed by atoms with Crippen LogP contribution in [0.5, 0.6) is 0 Å². The second kappa shape index (κ2) is 5.04. The van der Waals surface area contributed by atoms with Gasteiger partial charge in [-0.15, -0.1) is 0 Å². The van der Waals surface area contributed by atoms with Crippen molar-refractivity contribution in [2.75, 3.05) is 11.9 Å². The van der Waals surface area contributed by atoms with Gasteiger partial charge in [0.05, 0.1) is 0 Å². The molecule has 1 atom stereocenters. The van der Waals surface area contributed by atoms with E-state index in [9.17, 15) is 0 Å². The summed E-state index contributed by atoms with van der Waals surface area (Å²) >= 11 is 0. The lowest BCUT2D eigenvalue weighted by Crippen LogP contribution is -2.33. The average Bonchev–Trinajstić information content (AvgIpc) is 2.81. The fourth-order valence-electron chi connectivity index (χ4n) is 2.60. The number of rotatable bonds is 2. The molecule has 1 aliphatic heterocycles. The minimum absolute atomic E-state index is 0.361. The van der Waals surface area contributed by atoms with Crippen LogP contribution in [0.25, 0.3) is 11.1 Å². The van der Waals surface area contributed by atoms with Crippen LogP contribution in [0.15, 0.2) is 60.9 Å². The Morgan fingerprint density at radius 3 is 2.30 bits per heavy atom. The van der Waals surface area contributed by atoms with Crippen molar-refractivity contribution >= 4 is 5.69 Å². The molecule has 1 aliphatic rings. The van der Waals surface area contributed by atoms with Crippen LogP contribution in [0, 0.1) is 6.92 Å². The first-order valence-corrected chi connectivity index (χ1v) is 7.01. The van der Waals surface area contributed by atoms with Crippen LogP contribution in [0.2, 0.25) is 0 Å². The highest BCUT2D eigenvalue weighted by Crippen LogP contribution is 2.31. The smallest absolute Gasteiger partial charge is 0.102 e. The summed E-state index contributed by atoms with van der Waals surface area (Å²) in [6.07, 6.45) is 4.64. The van der Waals surface area contributed by atoms with Gasteiger partial charge in [-0.2, -0.15) is 0 Å². The molecule has 1 unspecified atom stereocenters. The molecule has 102 valence electrons. The third kappa shape index (κ3) is 2.18. The number of hydrogen-bond donors (Lipinski definition) is 0. The maximum atomic E-state index is 2.32. The molecule has 3 rings (SSSR count). The minimum atomic E-state index is 0.361. The number of hydrogen-bond acceptors (Lipinski definition) is 2. The molecule has 0 fully saturated rings. The molecule has 0 bridgehead atoms. The van der Waals surface area contributed by atoms with Gasteiger partial charge >= 0.3 is 0 Å². The fourth-order valence-corrected chi connectivity index (χ4v) is 2.60. The van der Waals surface area contributed by atoms with Crippen molar-refractivity contribution in [3.8, 4) is 11.1 Å². The summed E-state index contributed by atoms with van der Waals surface area (Å²) in [5.74, 6) is 0. The van der Waals surface area contributed by atoms with Crippen molar-refractivity contribution in [2.24, 2.45) is 0 Å². The van der Waals surface area contributed by atoms with Crippen LogP contribution >= 0.6 is 0 Å². The summed E-state index contributed by atoms with van der Waals surface area (Å²) in [5.41, 5.74) is 5.11. The SMILES string of the molecule is Cc1ccc(-c2ccccc2)cc1N1C=CN(C)C1C. The van der Waals surface area contributed by atoms with Crippen molar-refractivity contribution in [3.63, 3.8) is 0 Å². The molecular weight excluding hydrogens is 244 g/mol. The van der Waals surface area contributed by atoms with Gasteiger partial charge in [0, 0.05) is 25.1 Å². The Hall–Kier alpha value is -2.22. The number of benzene rings is 2. The van der Waals surface area contributed by atoms with Crippen LogP contribution in [-0.4, -0.2) is 18.1 Å². The van der Waals surface area contributed by atoms with Gasteiger partial charge in [0.1, 0.15) is 6.17 Å². The molecule has 0 amide bonds. The molecule has 1 heterocycles. The summed E-state index contributed by atoms with van der Waals surface area (Å²) in [7, 11) is 2.11. The third-order valence-corrected chi connectivity index (χ3v) is 4.05. The molecule has 2 aromatic carbocycles. The van der Waals surface area contributed by atoms with Gasteiger partial charge < -0.3 is 9.80 Å². The van der Waals surface area contributed by atoms with Crippen molar-refractivity contribution in [2.45, 2.75) is 20.0 Å². The van der Waals surface area contributed by atoms with E-state index in [0.717, 1.165) is 0 Å². The third-order valence-electron chi connectivity index (χ3n) is 4.05. The summed E-state index contributed by atoms with van der Waals surface area (Å²) in [4.78, 5) is 4.54. The van der Waals surface area contributed by atoms with E-state index < -0.39 is 0 Å². The van der Waals surface area contributed by atoms with Gasteiger partial charge in [0.2, 0.25) is 0 Å². The highest BCUT2D eigenvalue weighted by atomic mass is 15.4. The van der Waals surface area contributed by atoms with Gasteiger partial charge in [0.25, 0.3) is 0 Å². The molecule has 0 N–H and O–H groups in total. The van der Waals surface area contributed by atoms with Crippen molar-refractivity contribution in [1.29, 1.82) is 0 Å². The maximum Gasteiger partial charge on any atom is 0.102 e. The Kier molecular flexibility index (Phi) is 3.23. The molecule has 20 heavy (non-hydrogen) atoms. The molecule has 0 radical (unpaired) electrons. The molecule has 2 nitrogen and oxygen atoms in total. The molecule has 0 spiro atoms. The summed E-state index contributed by atoms with van der Waals surface area (Å²) < 4.78 is 0. The van der Waals surface area contributed by atoms with Crippen LogP contribution < -0.4 is 4.90 Å². The Balaban J connectivity index is 2.02. The van der Waals surface area contributed by atoms with E-state index >= 15 is 0 Å². The lowest BCUT2D eigenvalue weighted by atomic mass is 10.0. The van der Waals surface area contributed by atoms with Crippen molar-refractivity contribution in [1.82, 2.24) is 4.90 Å². The van der Waals surface area contributed by atoms with Crippen molar-refractivity contribution < 1.29 is 0 Å². The number of nitrogens with zero attached hydrogens (tertiary/aromatic N) is 2. The molecule has 0 aromatic heterocycles. The highest BCUT2D eigenvalue weighted by molar-refractivity contribution is 5.71. The van der Waals surface area contributed by atoms with Gasteiger partial charge in [-0.25, -0.2) is 0 Å². The molecule has 0 saturated heterocycles. The topological polar surface area (TPSA) is 6.48 Å². The summed E-state index contributed by atoms with van der Waals surface area (Å²) in [5, 5.41) is 0. The van der Waals surface area contributed by atoms with E-state index in [1.807, 2.05) is 0 Å². The zero-order valence-electron chi connectivity index (χ0n) is 12.2. The van der Waals surface area contributed by atoms with Crippen molar-refractivity contribution in [3.05, 3.63) is 66.5 Å². The minimum Gasteiger partial charge on any atom is -0.359 e. The van der Waals surface area contributed by atoms with Crippen LogP contribution in [0.3, 0.4) is 0 Å². The monoisotopic (exact) mass is 264 g/mol. The lowest BCUT2D eigenvalue weighted by molar-refractivity contribution is 0.383. The van der Waals surface area contributed by atoms with Crippen LogP contribution in [0.1, 0.15) is 12.5 Å². The Labute approximate surface area is 121 Å². The maximum absolute atomic E-state index is 2.32. The highest BCUT2D eigenvalue weighted by Gasteiger charge is 2.21. The van der Waals surface area contributed by atoms with E-state index in [4.69, 9.17) is 0 Å². The van der Waals surface area contributed by atoms with E-state index in [1.54, 1.807) is 0 Å². The standard InChI is InChI=1S/C18H20N2/c1-14-9-10-17(16-7-5-4-6-8-16)13-18(14)20-12-11-19(3)15(20)2/h4-13,15H,1-3H3. The fraction of sp³-hybridized carbons (Fsp3) is 0.222. The molecule has 0 saturated carbocycles. The number of aryl methyl sites for hydroxylation is 1. The molecule has 2 aromatic rings. The van der Waals surface area contributed by atoms with Gasteiger partial charge in [-0.05, 0) is 36.6 Å². The second-order valence-electron chi connectivity index (χ2n) is 5.37. The van der Waals surface area contributed by atoms with Gasteiger partial charge in [-0.1, -0.05) is 42.5 Å². The lowest BCUT2D eigenvalue weighted by Gasteiger charge is -2.28. The van der Waals surface area contributed by atoms with E-state index in [-0.39, 0.29) is 0 Å². The predicted molar refractivity (Wildman–Crippen MR) is 85.5 cm³/mol. The zero-order chi connectivity index (χ0) is 14.1. The molecule has 2 heteroatoms. The first-order chi connectivity index (χ1) is 9.66. The summed E-state index contributed by atoms with van der Waals surface area (Å²) in [6, 6.07) is 17.2. The van der Waals surface area contributed by atoms with Gasteiger partial charge in [-0.3, -0.25) is 0 Å². The van der Waals surface area contributed by atoms with E-state index in [2.05, 4.69) is 91.6 Å². The zero-order valence-corrected chi connectivity index (χ0v) is 12.2. The largest absolute Gasteiger partial charge is 0.359 e. The quantitative estimate of drug-likeness (QED) is 0.801. The molecule has 0 aliphatic carbocycles. The van der Waals surface area contributed by atoms with E-state index in [1.165, 1.54) is 22.4 Å². The summed E-state index contributed by atoms with van der Waals surface area (Å²) in [6.45, 7) is 4.39. The Morgan fingerprint density at radius 1 is 0.900 bits per heavy atom. The van der Waals surface area contributed by atoms with Crippen LogP contribution in [-0.2, 0) is 0 Å².